The Balaban J connectivity index is 1.72. The smallest absolute Gasteiger partial charge is 0.273 e. The van der Waals surface area contributed by atoms with E-state index in [1.54, 1.807) is 20.0 Å². The van der Waals surface area contributed by atoms with Crippen LogP contribution in [0.4, 0.5) is 5.69 Å². The van der Waals surface area contributed by atoms with Crippen LogP contribution < -0.4 is 9.47 Å². The minimum atomic E-state index is -0.485. The fourth-order valence-corrected chi connectivity index (χ4v) is 2.80. The zero-order chi connectivity index (χ0) is 18.0. The van der Waals surface area contributed by atoms with Crippen molar-refractivity contribution in [3.63, 3.8) is 0 Å². The third-order valence-corrected chi connectivity index (χ3v) is 4.12. The highest BCUT2D eigenvalue weighted by molar-refractivity contribution is 5.96. The van der Waals surface area contributed by atoms with Crippen molar-refractivity contribution in [2.24, 2.45) is 0 Å². The average Bonchev–Trinajstić information content (AvgIpc) is 2.61. The zero-order valence-electron chi connectivity index (χ0n) is 14.0. The molecule has 25 heavy (non-hydrogen) atoms. The molecule has 0 radical (unpaired) electrons. The summed E-state index contributed by atoms with van der Waals surface area (Å²) < 4.78 is 11.5. The first kappa shape index (κ1) is 16.8. The van der Waals surface area contributed by atoms with Gasteiger partial charge in [0.15, 0.2) is 17.6 Å². The molecule has 0 aliphatic carbocycles. The van der Waals surface area contributed by atoms with E-state index in [1.165, 1.54) is 17.0 Å². The number of carbonyl (C=O) groups excluding carboxylic acids is 1. The third-order valence-electron chi connectivity index (χ3n) is 4.12. The average molecular weight is 342 g/mol. The van der Waals surface area contributed by atoms with Gasteiger partial charge in [0.05, 0.1) is 11.5 Å². The van der Waals surface area contributed by atoms with Gasteiger partial charge < -0.3 is 14.4 Å². The fraction of sp³-hybridized carbons (Fsp3) is 0.278. The zero-order valence-corrected chi connectivity index (χ0v) is 14.0. The summed E-state index contributed by atoms with van der Waals surface area (Å²) in [5.74, 6) is 1.04. The number of nitro groups is 1. The van der Waals surface area contributed by atoms with Gasteiger partial charge in [-0.2, -0.15) is 0 Å². The SMILES string of the molecule is Cc1c(C(=O)N(C)CC2COc3ccccc3O2)cccc1[N+](=O)[O-]. The van der Waals surface area contributed by atoms with Gasteiger partial charge in [-0.25, -0.2) is 0 Å². The van der Waals surface area contributed by atoms with Gasteiger partial charge in [0.2, 0.25) is 0 Å². The first-order chi connectivity index (χ1) is 12.0. The summed E-state index contributed by atoms with van der Waals surface area (Å²) in [6.07, 6.45) is -0.303. The normalized spacial score (nSPS) is 15.5. The summed E-state index contributed by atoms with van der Waals surface area (Å²) in [4.78, 5) is 24.7. The third kappa shape index (κ3) is 3.40. The van der Waals surface area contributed by atoms with Crippen molar-refractivity contribution in [1.82, 2.24) is 4.90 Å². The number of amides is 1. The lowest BCUT2D eigenvalue weighted by Crippen LogP contribution is -2.42. The van der Waals surface area contributed by atoms with Gasteiger partial charge in [-0.05, 0) is 25.1 Å². The predicted molar refractivity (Wildman–Crippen MR) is 91.1 cm³/mol. The number of rotatable bonds is 4. The maximum absolute atomic E-state index is 12.7. The molecule has 7 heteroatoms. The van der Waals surface area contributed by atoms with Crippen LogP contribution in [0, 0.1) is 17.0 Å². The Morgan fingerprint density at radius 1 is 1.24 bits per heavy atom. The van der Waals surface area contributed by atoms with Gasteiger partial charge in [0.1, 0.15) is 6.61 Å². The molecule has 1 heterocycles. The second kappa shape index (κ2) is 6.80. The second-order valence-electron chi connectivity index (χ2n) is 5.89. The van der Waals surface area contributed by atoms with E-state index in [-0.39, 0.29) is 17.7 Å². The lowest BCUT2D eigenvalue weighted by atomic mass is 10.1. The summed E-state index contributed by atoms with van der Waals surface area (Å²) in [5, 5.41) is 11.0. The minimum Gasteiger partial charge on any atom is -0.486 e. The number of benzene rings is 2. The van der Waals surface area contributed by atoms with Crippen LogP contribution in [0.25, 0.3) is 0 Å². The van der Waals surface area contributed by atoms with Crippen LogP contribution in [-0.2, 0) is 0 Å². The van der Waals surface area contributed by atoms with E-state index in [4.69, 9.17) is 9.47 Å². The topological polar surface area (TPSA) is 81.9 Å². The highest BCUT2D eigenvalue weighted by atomic mass is 16.6. The molecule has 0 saturated carbocycles. The molecule has 0 N–H and O–H groups in total. The maximum Gasteiger partial charge on any atom is 0.273 e. The van der Waals surface area contributed by atoms with E-state index in [0.717, 1.165) is 0 Å². The second-order valence-corrected chi connectivity index (χ2v) is 5.89. The molecular formula is C18H18N2O5. The number of hydrogen-bond acceptors (Lipinski definition) is 5. The summed E-state index contributed by atoms with van der Waals surface area (Å²) in [6.45, 7) is 2.23. The van der Waals surface area contributed by atoms with Crippen LogP contribution in [0.5, 0.6) is 11.5 Å². The quantitative estimate of drug-likeness (QED) is 0.630. The van der Waals surface area contributed by atoms with Crippen LogP contribution in [0.15, 0.2) is 42.5 Å². The fourth-order valence-electron chi connectivity index (χ4n) is 2.80. The predicted octanol–water partition coefficient (Wildman–Crippen LogP) is 2.82. The monoisotopic (exact) mass is 342 g/mol. The van der Waals surface area contributed by atoms with E-state index < -0.39 is 4.92 Å². The Morgan fingerprint density at radius 3 is 2.68 bits per heavy atom. The van der Waals surface area contributed by atoms with E-state index in [2.05, 4.69) is 0 Å². The summed E-state index contributed by atoms with van der Waals surface area (Å²) in [6, 6.07) is 11.9. The van der Waals surface area contributed by atoms with Gasteiger partial charge in [0.25, 0.3) is 11.6 Å². The first-order valence-corrected chi connectivity index (χ1v) is 7.85. The molecule has 130 valence electrons. The van der Waals surface area contributed by atoms with Crippen LogP contribution in [0.1, 0.15) is 15.9 Å². The molecule has 0 saturated heterocycles. The van der Waals surface area contributed by atoms with Gasteiger partial charge >= 0.3 is 0 Å². The van der Waals surface area contributed by atoms with E-state index >= 15 is 0 Å². The van der Waals surface area contributed by atoms with Crippen molar-refractivity contribution in [1.29, 1.82) is 0 Å². The molecule has 1 aliphatic rings. The number of likely N-dealkylation sites (N-methyl/N-ethyl adjacent to an activating group) is 1. The van der Waals surface area contributed by atoms with Crippen LogP contribution in [0.2, 0.25) is 0 Å². The molecule has 1 unspecified atom stereocenters. The highest BCUT2D eigenvalue weighted by Gasteiger charge is 2.26. The molecule has 0 spiro atoms. The number of fused-ring (bicyclic) bond motifs is 1. The van der Waals surface area contributed by atoms with Gasteiger partial charge in [-0.15, -0.1) is 0 Å². The molecule has 2 aromatic carbocycles. The molecule has 0 bridgehead atoms. The molecule has 0 fully saturated rings. The Hall–Kier alpha value is -3.09. The molecule has 3 rings (SSSR count). The van der Waals surface area contributed by atoms with Crippen molar-refractivity contribution in [2.45, 2.75) is 13.0 Å². The van der Waals surface area contributed by atoms with Gasteiger partial charge in [-0.1, -0.05) is 18.2 Å². The lowest BCUT2D eigenvalue weighted by Gasteiger charge is -2.29. The number of para-hydroxylation sites is 2. The van der Waals surface area contributed by atoms with Crippen LogP contribution in [0.3, 0.4) is 0 Å². The standard InChI is InChI=1S/C18H18N2O5/c1-12-14(6-5-7-15(12)20(22)23)18(21)19(2)10-13-11-24-16-8-3-4-9-17(16)25-13/h3-9,13H,10-11H2,1-2H3. The number of ether oxygens (including phenoxy) is 2. The molecule has 1 aliphatic heterocycles. The Kier molecular flexibility index (Phi) is 4.56. The highest BCUT2D eigenvalue weighted by Crippen LogP contribution is 2.31. The minimum absolute atomic E-state index is 0.0644. The van der Waals surface area contributed by atoms with Gasteiger partial charge in [0, 0.05) is 24.2 Å². The Morgan fingerprint density at radius 2 is 1.96 bits per heavy atom. The summed E-state index contributed by atoms with van der Waals surface area (Å²) in [5.41, 5.74) is 0.606. The van der Waals surface area contributed by atoms with Gasteiger partial charge in [-0.3, -0.25) is 14.9 Å². The van der Waals surface area contributed by atoms with E-state index in [0.29, 0.717) is 35.8 Å². The number of hydrogen-bond donors (Lipinski definition) is 0. The molecule has 1 atom stereocenters. The molecule has 1 amide bonds. The summed E-state index contributed by atoms with van der Waals surface area (Å²) in [7, 11) is 1.64. The van der Waals surface area contributed by atoms with Crippen LogP contribution in [-0.4, -0.2) is 42.0 Å². The first-order valence-electron chi connectivity index (χ1n) is 7.85. The lowest BCUT2D eigenvalue weighted by molar-refractivity contribution is -0.385. The Labute approximate surface area is 144 Å². The Bertz CT molecular complexity index is 821. The molecule has 0 aromatic heterocycles. The largest absolute Gasteiger partial charge is 0.486 e. The summed E-state index contributed by atoms with van der Waals surface area (Å²) >= 11 is 0. The molecular weight excluding hydrogens is 324 g/mol. The van der Waals surface area contributed by atoms with Crippen molar-refractivity contribution in [2.75, 3.05) is 20.2 Å². The van der Waals surface area contributed by atoms with E-state index in [1.807, 2.05) is 24.3 Å². The van der Waals surface area contributed by atoms with E-state index in [9.17, 15) is 14.9 Å². The van der Waals surface area contributed by atoms with Crippen molar-refractivity contribution < 1.29 is 19.2 Å². The van der Waals surface area contributed by atoms with Crippen molar-refractivity contribution >= 4 is 11.6 Å². The number of carbonyl (C=O) groups is 1. The molecule has 7 nitrogen and oxygen atoms in total. The van der Waals surface area contributed by atoms with Crippen molar-refractivity contribution in [3.05, 3.63) is 63.7 Å². The maximum atomic E-state index is 12.7. The van der Waals surface area contributed by atoms with Crippen molar-refractivity contribution in [3.8, 4) is 11.5 Å². The molecule has 2 aromatic rings. The number of nitrogens with zero attached hydrogens (tertiary/aromatic N) is 2. The number of nitro benzene ring substituents is 1. The van der Waals surface area contributed by atoms with Crippen LogP contribution >= 0.6 is 0 Å².